The number of carboxylic acid groups (broad SMARTS) is 1. The molecule has 0 fully saturated rings. The number of rotatable bonds is 5. The number of hydrogen-bond donors (Lipinski definition) is 1. The van der Waals surface area contributed by atoms with Crippen molar-refractivity contribution in [1.82, 2.24) is 4.98 Å². The third-order valence-electron chi connectivity index (χ3n) is 3.07. The lowest BCUT2D eigenvalue weighted by atomic mass is 10.0. The highest BCUT2D eigenvalue weighted by Gasteiger charge is 2.23. The molecule has 0 unspecified atom stereocenters. The summed E-state index contributed by atoms with van der Waals surface area (Å²) in [5.41, 5.74) is 0.905. The predicted octanol–water partition coefficient (Wildman–Crippen LogP) is 3.69. The Morgan fingerprint density at radius 1 is 1.45 bits per heavy atom. The Hall–Kier alpha value is -1.84. The lowest BCUT2D eigenvalue weighted by Crippen LogP contribution is -2.42. The highest BCUT2D eigenvalue weighted by molar-refractivity contribution is 5.88. The van der Waals surface area contributed by atoms with Crippen LogP contribution in [-0.4, -0.2) is 28.1 Å². The van der Waals surface area contributed by atoms with Crippen molar-refractivity contribution in [3.8, 4) is 0 Å². The molecule has 0 saturated carbocycles. The second-order valence-electron chi connectivity index (χ2n) is 6.17. The molecule has 0 aromatic carbocycles. The van der Waals surface area contributed by atoms with Gasteiger partial charge in [0.15, 0.2) is 0 Å². The molecule has 0 amide bonds. The maximum atomic E-state index is 11.3. The molecule has 20 heavy (non-hydrogen) atoms. The van der Waals surface area contributed by atoms with Crippen molar-refractivity contribution in [1.29, 1.82) is 0 Å². The number of pyridine rings is 1. The number of nitrogens with zero attached hydrogens (tertiary/aromatic N) is 2. The van der Waals surface area contributed by atoms with Gasteiger partial charge in [-0.2, -0.15) is 0 Å². The average molecular weight is 276 g/mol. The Kier molecular flexibility index (Phi) is 4.93. The Morgan fingerprint density at radius 2 is 2.05 bits per heavy atom. The summed E-state index contributed by atoms with van der Waals surface area (Å²) in [5, 5.41) is 9.26. The van der Waals surface area contributed by atoms with E-state index in [0.29, 0.717) is 12.4 Å². The zero-order valence-corrected chi connectivity index (χ0v) is 13.0. The fourth-order valence-corrected chi connectivity index (χ4v) is 1.93. The lowest BCUT2D eigenvalue weighted by molar-refractivity contribution is 0.0696. The summed E-state index contributed by atoms with van der Waals surface area (Å²) >= 11 is 0. The van der Waals surface area contributed by atoms with Crippen molar-refractivity contribution in [2.24, 2.45) is 0 Å². The van der Waals surface area contributed by atoms with Gasteiger partial charge in [0.25, 0.3) is 0 Å². The molecule has 0 aliphatic heterocycles. The minimum Gasteiger partial charge on any atom is -0.478 e. The Morgan fingerprint density at radius 3 is 2.45 bits per heavy atom. The molecule has 1 aromatic heterocycles. The summed E-state index contributed by atoms with van der Waals surface area (Å²) in [6, 6.07) is 3.27. The van der Waals surface area contributed by atoms with Gasteiger partial charge in [-0.3, -0.25) is 0 Å². The fraction of sp³-hybridized carbons (Fsp3) is 0.500. The number of hydrogen-bond acceptors (Lipinski definition) is 3. The third-order valence-corrected chi connectivity index (χ3v) is 3.07. The summed E-state index contributed by atoms with van der Waals surface area (Å²) in [4.78, 5) is 18.0. The number of anilines is 1. The van der Waals surface area contributed by atoms with E-state index in [-0.39, 0.29) is 17.0 Å². The van der Waals surface area contributed by atoms with Crippen LogP contribution >= 0.6 is 0 Å². The van der Waals surface area contributed by atoms with Crippen LogP contribution in [0.4, 0.5) is 5.82 Å². The van der Waals surface area contributed by atoms with Crippen molar-refractivity contribution in [2.45, 2.75) is 46.1 Å². The first-order chi connectivity index (χ1) is 9.16. The number of aromatic carboxylic acids is 1. The topological polar surface area (TPSA) is 53.4 Å². The molecule has 1 rings (SSSR count). The molecule has 0 spiro atoms. The minimum atomic E-state index is -0.928. The summed E-state index contributed by atoms with van der Waals surface area (Å²) in [7, 11) is 0. The highest BCUT2D eigenvalue weighted by atomic mass is 16.4. The predicted molar refractivity (Wildman–Crippen MR) is 82.6 cm³/mol. The quantitative estimate of drug-likeness (QED) is 0.833. The van der Waals surface area contributed by atoms with Gasteiger partial charge in [0.05, 0.1) is 5.56 Å². The second-order valence-corrected chi connectivity index (χ2v) is 6.17. The summed E-state index contributed by atoms with van der Waals surface area (Å²) in [6.07, 6.45) is 1.80. The van der Waals surface area contributed by atoms with Crippen LogP contribution in [0.3, 0.4) is 0 Å². The largest absolute Gasteiger partial charge is 0.478 e. The molecule has 0 aliphatic carbocycles. The van der Waals surface area contributed by atoms with E-state index in [1.165, 1.54) is 0 Å². The summed E-state index contributed by atoms with van der Waals surface area (Å²) in [5.74, 6) is -0.0670. The molecular formula is C16H24N2O2. The first-order valence-corrected chi connectivity index (χ1v) is 6.80. The normalized spacial score (nSPS) is 11.5. The minimum absolute atomic E-state index is 0.160. The lowest BCUT2D eigenvalue weighted by Gasteiger charge is -2.36. The van der Waals surface area contributed by atoms with Crippen LogP contribution in [0.15, 0.2) is 24.8 Å². The molecule has 0 atom stereocenters. The second kappa shape index (κ2) is 6.07. The van der Waals surface area contributed by atoms with Gasteiger partial charge in [0, 0.05) is 17.8 Å². The number of carboxylic acids is 1. The Balaban J connectivity index is 3.40. The van der Waals surface area contributed by atoms with Crippen LogP contribution in [0, 0.1) is 0 Å². The van der Waals surface area contributed by atoms with Gasteiger partial charge < -0.3 is 10.0 Å². The molecule has 0 aliphatic rings. The maximum absolute atomic E-state index is 11.3. The standard InChI is InChI=1S/C16H24N2O2/c1-7-8-18(16(4,5)6)14-10-12(15(19)20)9-13(17-14)11(2)3/h7,9-11H,1,8H2,2-6H3,(H,19,20). The first-order valence-electron chi connectivity index (χ1n) is 6.80. The maximum Gasteiger partial charge on any atom is 0.335 e. The van der Waals surface area contributed by atoms with E-state index in [2.05, 4.69) is 37.2 Å². The number of carbonyl (C=O) groups is 1. The zero-order chi connectivity index (χ0) is 15.5. The molecule has 4 heteroatoms. The van der Waals surface area contributed by atoms with E-state index >= 15 is 0 Å². The van der Waals surface area contributed by atoms with Crippen LogP contribution in [0.1, 0.15) is 56.6 Å². The highest BCUT2D eigenvalue weighted by Crippen LogP contribution is 2.25. The van der Waals surface area contributed by atoms with Gasteiger partial charge >= 0.3 is 5.97 Å². The van der Waals surface area contributed by atoms with Gasteiger partial charge in [-0.1, -0.05) is 19.9 Å². The van der Waals surface area contributed by atoms with Gasteiger partial charge in [0.2, 0.25) is 0 Å². The van der Waals surface area contributed by atoms with Crippen LogP contribution < -0.4 is 4.90 Å². The Labute approximate surface area is 121 Å². The SMILES string of the molecule is C=CCN(c1cc(C(=O)O)cc(C(C)C)n1)C(C)(C)C. The van der Waals surface area contributed by atoms with E-state index in [1.54, 1.807) is 18.2 Å². The smallest absolute Gasteiger partial charge is 0.335 e. The summed E-state index contributed by atoms with van der Waals surface area (Å²) in [6.45, 7) is 14.6. The van der Waals surface area contributed by atoms with Gasteiger partial charge in [-0.15, -0.1) is 6.58 Å². The summed E-state index contributed by atoms with van der Waals surface area (Å²) < 4.78 is 0. The van der Waals surface area contributed by atoms with Gasteiger partial charge in [0.1, 0.15) is 5.82 Å². The Bertz CT molecular complexity index is 502. The van der Waals surface area contributed by atoms with Crippen molar-refractivity contribution in [3.63, 3.8) is 0 Å². The third kappa shape index (κ3) is 3.83. The monoisotopic (exact) mass is 276 g/mol. The van der Waals surface area contributed by atoms with E-state index in [0.717, 1.165) is 5.69 Å². The molecule has 1 N–H and O–H groups in total. The van der Waals surface area contributed by atoms with E-state index < -0.39 is 5.97 Å². The zero-order valence-electron chi connectivity index (χ0n) is 13.0. The molecule has 4 nitrogen and oxygen atoms in total. The van der Waals surface area contributed by atoms with E-state index in [9.17, 15) is 9.90 Å². The number of aromatic nitrogens is 1. The molecule has 0 bridgehead atoms. The van der Waals surface area contributed by atoms with Gasteiger partial charge in [-0.25, -0.2) is 9.78 Å². The molecule has 110 valence electrons. The van der Waals surface area contributed by atoms with Crippen molar-refractivity contribution < 1.29 is 9.90 Å². The van der Waals surface area contributed by atoms with Gasteiger partial charge in [-0.05, 0) is 38.8 Å². The molecule has 0 saturated heterocycles. The fourth-order valence-electron chi connectivity index (χ4n) is 1.93. The molecule has 0 radical (unpaired) electrons. The van der Waals surface area contributed by atoms with Crippen LogP contribution in [-0.2, 0) is 0 Å². The van der Waals surface area contributed by atoms with Crippen molar-refractivity contribution in [3.05, 3.63) is 36.0 Å². The average Bonchev–Trinajstić information content (AvgIpc) is 2.33. The molecule has 1 aromatic rings. The van der Waals surface area contributed by atoms with E-state index in [1.807, 2.05) is 13.8 Å². The van der Waals surface area contributed by atoms with E-state index in [4.69, 9.17) is 0 Å². The van der Waals surface area contributed by atoms with Crippen LogP contribution in [0.2, 0.25) is 0 Å². The molecular weight excluding hydrogens is 252 g/mol. The van der Waals surface area contributed by atoms with Crippen molar-refractivity contribution >= 4 is 11.8 Å². The first kappa shape index (κ1) is 16.2. The van der Waals surface area contributed by atoms with Crippen LogP contribution in [0.5, 0.6) is 0 Å². The van der Waals surface area contributed by atoms with Crippen molar-refractivity contribution in [2.75, 3.05) is 11.4 Å². The molecule has 1 heterocycles. The van der Waals surface area contributed by atoms with Crippen LogP contribution in [0.25, 0.3) is 0 Å².